The molecule has 2 heterocycles. The number of hydrogen-bond acceptors (Lipinski definition) is 6. The molecule has 2 aromatic rings. The second kappa shape index (κ2) is 63.1. The van der Waals surface area contributed by atoms with Gasteiger partial charge in [0.15, 0.2) is 0 Å². The van der Waals surface area contributed by atoms with Gasteiger partial charge in [-0.1, -0.05) is 63.2 Å². The highest BCUT2D eigenvalue weighted by atomic mass is 33.5. The zero-order chi connectivity index (χ0) is 65.0. The van der Waals surface area contributed by atoms with E-state index >= 15 is 0 Å². The summed E-state index contributed by atoms with van der Waals surface area (Å²) in [5.74, 6) is 0.270. The van der Waals surface area contributed by atoms with Crippen LogP contribution in [-0.4, -0.2) is 71.6 Å². The van der Waals surface area contributed by atoms with Gasteiger partial charge in [-0.15, -0.1) is 13.2 Å². The van der Waals surface area contributed by atoms with E-state index in [-0.39, 0.29) is 41.0 Å². The van der Waals surface area contributed by atoms with Crippen LogP contribution in [0.3, 0.4) is 0 Å². The van der Waals surface area contributed by atoms with Gasteiger partial charge in [-0.2, -0.15) is 0 Å². The third-order valence-corrected chi connectivity index (χ3v) is 114. The number of hydrogen-bond donors (Lipinski definition) is 0. The van der Waals surface area contributed by atoms with E-state index < -0.39 is 6.36 Å². The number of carbonyl (C=O) groups is 2. The van der Waals surface area contributed by atoms with Crippen molar-refractivity contribution in [3.05, 3.63) is 65.7 Å². The van der Waals surface area contributed by atoms with Crippen LogP contribution in [0.4, 0.5) is 13.2 Å². The van der Waals surface area contributed by atoms with Gasteiger partial charge in [-0.3, -0.25) is 14.5 Å². The number of amides is 2. The predicted molar refractivity (Wildman–Crippen MR) is 516 cm³/mol. The number of nitrogens with zero attached hydrogens (tertiary/aromatic N) is 3. The largest absolute Gasteiger partial charge is 0.573 e. The first-order valence-electron chi connectivity index (χ1n) is 22.2. The van der Waals surface area contributed by atoms with Crippen LogP contribution in [-0.2, 0) is 458 Å². The Morgan fingerprint density at radius 2 is 0.756 bits per heavy atom. The Bertz CT molecular complexity index is 4980. The molecule has 2 aliphatic heterocycles. The topological polar surface area (TPSA) is 53.1 Å². The third-order valence-electron chi connectivity index (χ3n) is 9.47. The molecular weight excluding hydrogens is 2120 g/mol. The SMILES string of the molecule is CC(=O)N1CCC(CC(=O)N2CCN(C(c3ccccc3)c3ccc(OC(F)(F)F)cc3)C[C@@H]2C(C)(C)C)CC1.S=S=S=S=S=S=S=S=S=S=S=S=S=S=S=S=S=S=S=S=S=S=S=S=S=S=S=S=S=S=S=S=S=S=S=S=S=S=S=S=S=S=S=S=S=S=S=S=S=S. The van der Waals surface area contributed by atoms with Crippen LogP contribution in [0.5, 0.6) is 5.75 Å². The van der Waals surface area contributed by atoms with Gasteiger partial charge in [0.25, 0.3) is 0 Å². The van der Waals surface area contributed by atoms with Crippen LogP contribution in [0.25, 0.3) is 0 Å². The molecule has 90 heavy (non-hydrogen) atoms. The first-order chi connectivity index (χ1) is 43.7. The minimum absolute atomic E-state index is 0.0369. The molecule has 0 aliphatic carbocycles. The molecule has 2 aromatic carbocycles. The lowest BCUT2D eigenvalue weighted by molar-refractivity contribution is -0.274. The number of benzene rings is 2. The standard InChI is InChI=1S/C31H40F3N3O3.S50/c1-22(38)35-16-14-23(15-17-35)20-28(39)37-19-18-36(21-27(37)30(2,3)4)29(24-8-6-5-7-9-24)25-10-12-26(13-11-25)40-31(32,33)34;1-3-5-7-9-11-13-15-17-19-21-23-25-27-29-31-33-35-37-39-41-43-45-47-49-50-48-46-44-42-40-38-36-34-32-30-28-26-24-22-20-18-16-14-12-10-8-6-4-2/h5-13,23,27,29H,14-21H2,1-4H3;/t27-,29?;/m1./s1. The van der Waals surface area contributed by atoms with Gasteiger partial charge >= 0.3 is 6.36 Å². The molecule has 2 atom stereocenters. The highest BCUT2D eigenvalue weighted by Crippen LogP contribution is 2.37. The Kier molecular flexibility index (Phi) is 64.6. The number of piperazine rings is 1. The van der Waals surface area contributed by atoms with Crippen molar-refractivity contribution in [3.63, 3.8) is 0 Å². The van der Waals surface area contributed by atoms with Gasteiger partial charge in [-0.25, -0.2) is 0 Å². The van der Waals surface area contributed by atoms with Crippen LogP contribution in [0.2, 0.25) is 0 Å². The second-order valence-electron chi connectivity index (χ2n) is 15.3. The number of halogens is 3. The van der Waals surface area contributed by atoms with Gasteiger partial charge < -0.3 is 14.5 Å². The number of likely N-dealkylation sites (tertiary alicyclic amines) is 1. The molecule has 6 nitrogen and oxygen atoms in total. The molecule has 59 heteroatoms. The fraction of sp³-hybridized carbons (Fsp3) is 0.548. The zero-order valence-corrected chi connectivity index (χ0v) is 85.0. The molecule has 2 amide bonds. The highest BCUT2D eigenvalue weighted by molar-refractivity contribution is 8.82. The van der Waals surface area contributed by atoms with Crippen molar-refractivity contribution in [1.82, 2.24) is 14.7 Å². The maximum atomic E-state index is 13.6. The lowest BCUT2D eigenvalue weighted by atomic mass is 9.82. The predicted octanol–water partition coefficient (Wildman–Crippen LogP) is 5.76. The molecular formula is C31H40F3N3O3S50. The van der Waals surface area contributed by atoms with Crippen molar-refractivity contribution in [2.75, 3.05) is 32.7 Å². The van der Waals surface area contributed by atoms with E-state index in [1.54, 1.807) is 126 Å². The number of rotatable bonds is 6. The van der Waals surface area contributed by atoms with Crippen molar-refractivity contribution in [1.29, 1.82) is 0 Å². The minimum Gasteiger partial charge on any atom is -0.406 e. The summed E-state index contributed by atoms with van der Waals surface area (Å²) >= 11 is 9.62. The smallest absolute Gasteiger partial charge is 0.406 e. The molecule has 518 valence electrons. The second-order valence-corrected chi connectivity index (χ2v) is 100. The molecule has 0 spiro atoms. The van der Waals surface area contributed by atoms with E-state index in [1.807, 2.05) is 342 Å². The molecule has 1 unspecified atom stereocenters. The van der Waals surface area contributed by atoms with E-state index in [2.05, 4.69) is 30.4 Å². The molecule has 2 fully saturated rings. The maximum Gasteiger partial charge on any atom is 0.573 e. The number of piperidine rings is 1. The molecule has 0 N–H and O–H groups in total. The summed E-state index contributed by atoms with van der Waals surface area (Å²) in [7, 11) is 85.7. The first kappa shape index (κ1) is 92.1. The van der Waals surface area contributed by atoms with Crippen LogP contribution in [0.15, 0.2) is 54.6 Å². The fourth-order valence-corrected chi connectivity index (χ4v) is 133. The lowest BCUT2D eigenvalue weighted by Crippen LogP contribution is -2.60. The number of carbonyl (C=O) groups excluding carboxylic acids is 2. The van der Waals surface area contributed by atoms with E-state index in [1.165, 1.54) is 29.9 Å². The minimum atomic E-state index is -4.74. The fourth-order valence-electron chi connectivity index (χ4n) is 6.52. The summed E-state index contributed by atoms with van der Waals surface area (Å²) in [5.41, 5.74) is 1.72. The zero-order valence-electron chi connectivity index (χ0n) is 44.2. The van der Waals surface area contributed by atoms with Gasteiger partial charge in [0, 0.05) is 501 Å². The molecule has 0 aromatic heterocycles. The van der Waals surface area contributed by atoms with E-state index in [0.29, 0.717) is 39.1 Å². The normalized spacial score (nSPS) is 13.3. The quantitative estimate of drug-likeness (QED) is 0.367. The van der Waals surface area contributed by atoms with E-state index in [4.69, 9.17) is 22.4 Å². The summed E-state index contributed by atoms with van der Waals surface area (Å²) < 4.78 is 42.3. The Balaban J connectivity index is 0.000000480. The summed E-state index contributed by atoms with van der Waals surface area (Å²) in [4.78, 5) is 31.5. The molecule has 4 rings (SSSR count). The summed E-state index contributed by atoms with van der Waals surface area (Å²) in [5, 5.41) is 0. The molecule has 2 saturated heterocycles. The van der Waals surface area contributed by atoms with Gasteiger partial charge in [-0.05, 0) is 47.4 Å². The van der Waals surface area contributed by atoms with Crippen molar-refractivity contribution < 1.29 is 27.5 Å². The average Bonchev–Trinajstić information content (AvgIpc) is 2.10. The number of alkyl halides is 3. The summed E-state index contributed by atoms with van der Waals surface area (Å²) in [6.45, 7) is 11.3. The highest BCUT2D eigenvalue weighted by Gasteiger charge is 2.41. The Hall–Kier alpha value is 7.93. The van der Waals surface area contributed by atoms with Crippen LogP contribution in [0.1, 0.15) is 64.1 Å². The molecule has 0 bridgehead atoms. The van der Waals surface area contributed by atoms with Crippen LogP contribution >= 0.6 is 0 Å². The van der Waals surface area contributed by atoms with E-state index in [9.17, 15) is 22.8 Å². The summed E-state index contributed by atoms with van der Waals surface area (Å²) in [6, 6.07) is 15.8. The number of ether oxygens (including phenoxy) is 1. The van der Waals surface area contributed by atoms with Crippen molar-refractivity contribution >= 4 is 460 Å². The Morgan fingerprint density at radius 1 is 0.456 bits per heavy atom. The summed E-state index contributed by atoms with van der Waals surface area (Å²) in [6.07, 6.45) is -2.57. The van der Waals surface area contributed by atoms with Crippen LogP contribution in [0, 0.1) is 11.3 Å². The molecule has 0 saturated carbocycles. The molecule has 2 aliphatic rings. The van der Waals surface area contributed by atoms with Crippen molar-refractivity contribution in [2.45, 2.75) is 65.4 Å². The third kappa shape index (κ3) is 50.4. The van der Waals surface area contributed by atoms with Crippen molar-refractivity contribution in [3.8, 4) is 5.75 Å². The molecule has 0 radical (unpaired) electrons. The van der Waals surface area contributed by atoms with Gasteiger partial charge in [0.2, 0.25) is 11.8 Å². The Morgan fingerprint density at radius 3 is 1.03 bits per heavy atom. The monoisotopic (exact) mass is 2160 g/mol. The van der Waals surface area contributed by atoms with Gasteiger partial charge in [0.1, 0.15) is 5.75 Å². The van der Waals surface area contributed by atoms with Gasteiger partial charge in [0.05, 0.1) is 6.04 Å². The van der Waals surface area contributed by atoms with Crippen LogP contribution < -0.4 is 4.74 Å². The lowest BCUT2D eigenvalue weighted by Gasteiger charge is -2.50. The maximum absolute atomic E-state index is 13.6. The Labute approximate surface area is 668 Å². The average molecular weight is 2160 g/mol. The van der Waals surface area contributed by atoms with E-state index in [0.717, 1.165) is 24.0 Å². The van der Waals surface area contributed by atoms with Crippen molar-refractivity contribution in [2.24, 2.45) is 11.3 Å². The first-order valence-corrected chi connectivity index (χ1v) is 87.5.